The van der Waals surface area contributed by atoms with E-state index in [2.05, 4.69) is 85.2 Å². The molecule has 60 heavy (non-hydrogen) atoms. The molecule has 0 bridgehead atoms. The van der Waals surface area contributed by atoms with Crippen LogP contribution in [0.4, 0.5) is 11.6 Å². The summed E-state index contributed by atoms with van der Waals surface area (Å²) in [6.07, 6.45) is 9.96. The van der Waals surface area contributed by atoms with Crippen molar-refractivity contribution in [1.82, 2.24) is 29.9 Å². The summed E-state index contributed by atoms with van der Waals surface area (Å²) in [7, 11) is 0. The highest BCUT2D eigenvalue weighted by molar-refractivity contribution is 5.89. The summed E-state index contributed by atoms with van der Waals surface area (Å²) in [6, 6.07) is 24.3. The van der Waals surface area contributed by atoms with Crippen LogP contribution in [-0.4, -0.2) is 43.1 Å². The zero-order valence-electron chi connectivity index (χ0n) is 34.8. The minimum absolute atomic E-state index is 0.0237. The van der Waals surface area contributed by atoms with Gasteiger partial charge in [-0.1, -0.05) is 30.3 Å². The summed E-state index contributed by atoms with van der Waals surface area (Å²) in [4.78, 5) is 25.9. The molecule has 306 valence electrons. The van der Waals surface area contributed by atoms with Gasteiger partial charge < -0.3 is 30.1 Å². The summed E-state index contributed by atoms with van der Waals surface area (Å²) in [5.74, 6) is 4.97. The van der Waals surface area contributed by atoms with Crippen LogP contribution >= 0.6 is 0 Å². The van der Waals surface area contributed by atoms with E-state index in [0.29, 0.717) is 31.0 Å². The molecule has 4 N–H and O–H groups in total. The quantitative estimate of drug-likeness (QED) is 0.0880. The summed E-state index contributed by atoms with van der Waals surface area (Å²) < 4.78 is 12.8. The Bertz CT molecular complexity index is 2660. The van der Waals surface area contributed by atoms with Gasteiger partial charge in [0.25, 0.3) is 0 Å². The van der Waals surface area contributed by atoms with Gasteiger partial charge >= 0.3 is 0 Å². The van der Waals surface area contributed by atoms with Crippen LogP contribution in [0.3, 0.4) is 0 Å². The Labute approximate surface area is 350 Å². The number of fused-ring (bicyclic) bond motifs is 4. The van der Waals surface area contributed by atoms with E-state index in [4.69, 9.17) is 19.4 Å². The van der Waals surface area contributed by atoms with Gasteiger partial charge in [0, 0.05) is 40.3 Å². The normalized spacial score (nSPS) is 23.4. The number of ether oxygens (including phenoxy) is 2. The van der Waals surface area contributed by atoms with Crippen LogP contribution < -0.4 is 20.1 Å². The molecule has 2 aliphatic carbocycles. The molecule has 0 saturated heterocycles. The van der Waals surface area contributed by atoms with Gasteiger partial charge in [-0.05, 0) is 114 Å². The van der Waals surface area contributed by atoms with Gasteiger partial charge in [-0.25, -0.2) is 19.9 Å². The first-order chi connectivity index (χ1) is 29.1. The average Bonchev–Trinajstić information content (AvgIpc) is 4.18. The zero-order valence-corrected chi connectivity index (χ0v) is 34.8. The lowest BCUT2D eigenvalue weighted by molar-refractivity contribution is 0.182. The molecule has 2 unspecified atom stereocenters. The number of hydrogen-bond acceptors (Lipinski definition) is 10. The summed E-state index contributed by atoms with van der Waals surface area (Å²) in [6.45, 7) is 9.16. The first-order valence-electron chi connectivity index (χ1n) is 21.6. The maximum atomic E-state index is 9.81. The summed E-state index contributed by atoms with van der Waals surface area (Å²) in [5, 5.41) is 29.2. The van der Waals surface area contributed by atoms with E-state index in [1.54, 1.807) is 12.7 Å². The van der Waals surface area contributed by atoms with Crippen LogP contribution in [0, 0.1) is 45.3 Å². The Morgan fingerprint density at radius 1 is 0.683 bits per heavy atom. The second kappa shape index (κ2) is 14.8. The fourth-order valence-electron chi connectivity index (χ4n) is 9.39. The lowest BCUT2D eigenvalue weighted by Gasteiger charge is -2.36. The fourth-order valence-corrected chi connectivity index (χ4v) is 9.39. The number of aromatic nitrogens is 6. The van der Waals surface area contributed by atoms with Crippen LogP contribution in [0.15, 0.2) is 67.3 Å². The number of H-pyrrole nitrogens is 2. The Morgan fingerprint density at radius 2 is 1.25 bits per heavy atom. The van der Waals surface area contributed by atoms with Crippen molar-refractivity contribution >= 4 is 33.7 Å². The van der Waals surface area contributed by atoms with Crippen molar-refractivity contribution < 1.29 is 9.47 Å². The van der Waals surface area contributed by atoms with Crippen molar-refractivity contribution in [2.45, 2.75) is 102 Å². The van der Waals surface area contributed by atoms with Crippen LogP contribution in [0.25, 0.3) is 22.1 Å². The maximum Gasteiger partial charge on any atom is 0.143 e. The van der Waals surface area contributed by atoms with Gasteiger partial charge in [-0.15, -0.1) is 0 Å². The van der Waals surface area contributed by atoms with E-state index >= 15 is 0 Å². The molecule has 2 fully saturated rings. The van der Waals surface area contributed by atoms with Crippen molar-refractivity contribution in [3.8, 4) is 23.6 Å². The molecule has 0 amide bonds. The molecule has 2 aromatic carbocycles. The van der Waals surface area contributed by atoms with E-state index in [9.17, 15) is 10.5 Å². The third kappa shape index (κ3) is 7.38. The number of rotatable bonds is 13. The van der Waals surface area contributed by atoms with Crippen LogP contribution in [0.2, 0.25) is 0 Å². The standard InChI is InChI=1S/C48H52N10O2/c1-47(2,23-49)15-13-29-21-59-39-8-6-5-7-31(39)41(29)57-46-36-20-38(56-44(36)52-26-54-46)34-18-33(34)28-11-12-32-40(17-28)60-22-30(14-16-48(3,4)24-50)42(32)58-45-35-19-37(27-9-10-27)55-43(35)51-25-53-45/h5-8,11-12,17,19-20,25-27,29-30,33-34,41-42H,9-10,13-16,18,21-22H2,1-4H3,(H2,51,53,55,58)(H2,52,54,56,57)/t29-,30+,33?,34?,41+,42-/m0/s1. The minimum atomic E-state index is -0.419. The van der Waals surface area contributed by atoms with Crippen LogP contribution in [-0.2, 0) is 0 Å². The minimum Gasteiger partial charge on any atom is -0.493 e. The molecular weight excluding hydrogens is 749 g/mol. The second-order valence-corrected chi connectivity index (χ2v) is 18.9. The SMILES string of the molecule is CC(C)(C#N)CC[C@@H]1COc2cc(C3CC3c3cc4c(N[C@H]5c6ccccc6OC[C@@H]5CCC(C)(C)C#N)ncnc4[nH]3)ccc2[C@H]1Nc1ncnc2[nH]c(C3CC3)cc12. The van der Waals surface area contributed by atoms with Crippen molar-refractivity contribution in [2.24, 2.45) is 22.7 Å². The first kappa shape index (κ1) is 38.1. The number of aromatic amines is 2. The largest absolute Gasteiger partial charge is 0.493 e. The highest BCUT2D eigenvalue weighted by Crippen LogP contribution is 2.56. The summed E-state index contributed by atoms with van der Waals surface area (Å²) in [5.41, 5.74) is 6.72. The Balaban J connectivity index is 0.900. The number of nitrogens with one attached hydrogen (secondary N) is 4. The van der Waals surface area contributed by atoms with E-state index in [1.165, 1.54) is 24.1 Å². The highest BCUT2D eigenvalue weighted by atomic mass is 16.5. The molecule has 4 aromatic heterocycles. The fraction of sp³-hybridized carbons (Fsp3) is 0.458. The highest BCUT2D eigenvalue weighted by Gasteiger charge is 2.43. The number of benzene rings is 2. The van der Waals surface area contributed by atoms with Crippen molar-refractivity contribution in [3.05, 3.63) is 95.3 Å². The monoisotopic (exact) mass is 800 g/mol. The molecule has 2 aliphatic heterocycles. The van der Waals surface area contributed by atoms with Crippen LogP contribution in [0.1, 0.15) is 131 Å². The molecule has 12 nitrogen and oxygen atoms in total. The molecule has 10 rings (SSSR count). The van der Waals surface area contributed by atoms with Gasteiger partial charge in [0.05, 0.1) is 59.0 Å². The zero-order chi connectivity index (χ0) is 41.2. The van der Waals surface area contributed by atoms with Gasteiger partial charge in [-0.2, -0.15) is 10.5 Å². The third-order valence-electron chi connectivity index (χ3n) is 13.5. The van der Waals surface area contributed by atoms with E-state index < -0.39 is 10.8 Å². The molecule has 4 aliphatic rings. The van der Waals surface area contributed by atoms with Gasteiger partial charge in [0.2, 0.25) is 0 Å². The molecule has 12 heteroatoms. The molecule has 2 saturated carbocycles. The van der Waals surface area contributed by atoms with Crippen molar-refractivity contribution in [3.63, 3.8) is 0 Å². The molecule has 0 radical (unpaired) electrons. The van der Waals surface area contributed by atoms with Gasteiger partial charge in [0.15, 0.2) is 0 Å². The van der Waals surface area contributed by atoms with Crippen molar-refractivity contribution in [1.29, 1.82) is 10.5 Å². The lowest BCUT2D eigenvalue weighted by atomic mass is 9.81. The van der Waals surface area contributed by atoms with E-state index in [0.717, 1.165) is 94.1 Å². The molecule has 6 aromatic rings. The van der Waals surface area contributed by atoms with E-state index in [1.807, 2.05) is 39.8 Å². The number of anilines is 2. The Morgan fingerprint density at radius 3 is 1.87 bits per heavy atom. The van der Waals surface area contributed by atoms with Gasteiger partial charge in [-0.3, -0.25) is 0 Å². The summed E-state index contributed by atoms with van der Waals surface area (Å²) >= 11 is 0. The number of hydrogen-bond donors (Lipinski definition) is 4. The number of nitriles is 2. The average molecular weight is 801 g/mol. The van der Waals surface area contributed by atoms with Crippen LogP contribution in [0.5, 0.6) is 11.5 Å². The topological polar surface area (TPSA) is 173 Å². The Hall–Kier alpha value is -6.14. The maximum absolute atomic E-state index is 9.81. The number of nitrogens with zero attached hydrogens (tertiary/aromatic N) is 6. The molecular formula is C48H52N10O2. The van der Waals surface area contributed by atoms with Gasteiger partial charge in [0.1, 0.15) is 47.1 Å². The lowest BCUT2D eigenvalue weighted by Crippen LogP contribution is -2.32. The molecule has 6 heterocycles. The molecule has 6 atom stereocenters. The smallest absolute Gasteiger partial charge is 0.143 e. The second-order valence-electron chi connectivity index (χ2n) is 18.9. The molecule has 0 spiro atoms. The third-order valence-corrected chi connectivity index (χ3v) is 13.5. The first-order valence-corrected chi connectivity index (χ1v) is 21.6. The van der Waals surface area contributed by atoms with Crippen molar-refractivity contribution in [2.75, 3.05) is 23.8 Å². The van der Waals surface area contributed by atoms with E-state index in [-0.39, 0.29) is 23.9 Å². The number of para-hydroxylation sites is 1. The Kier molecular flexibility index (Phi) is 9.42. The predicted molar refractivity (Wildman–Crippen MR) is 231 cm³/mol. The predicted octanol–water partition coefficient (Wildman–Crippen LogP) is 10.4.